The molecule has 0 aliphatic carbocycles. The van der Waals surface area contributed by atoms with E-state index in [0.717, 1.165) is 20.5 Å². The van der Waals surface area contributed by atoms with E-state index in [0.29, 0.717) is 17.7 Å². The van der Waals surface area contributed by atoms with Gasteiger partial charge in [0, 0.05) is 21.5 Å². The second-order valence-electron chi connectivity index (χ2n) is 4.64. The Morgan fingerprint density at radius 1 is 1.16 bits per heavy atom. The molecule has 19 heavy (non-hydrogen) atoms. The van der Waals surface area contributed by atoms with Gasteiger partial charge < -0.3 is 11.1 Å². The van der Waals surface area contributed by atoms with Gasteiger partial charge in [0.2, 0.25) is 0 Å². The number of aryl methyl sites for hydroxylation is 2. The molecule has 0 saturated heterocycles. The molecule has 0 aliphatic rings. The lowest BCUT2D eigenvalue weighted by Gasteiger charge is -2.11. The fourth-order valence-corrected chi connectivity index (χ4v) is 2.74. The zero-order valence-electron chi connectivity index (χ0n) is 10.9. The summed E-state index contributed by atoms with van der Waals surface area (Å²) in [7, 11) is 0. The van der Waals surface area contributed by atoms with Gasteiger partial charge in [0.15, 0.2) is 0 Å². The smallest absolute Gasteiger partial charge is 0.129 e. The van der Waals surface area contributed by atoms with Crippen LogP contribution < -0.4 is 11.1 Å². The number of halogens is 2. The van der Waals surface area contributed by atoms with Crippen LogP contribution in [-0.2, 0) is 6.54 Å². The van der Waals surface area contributed by atoms with Crippen molar-refractivity contribution in [2.45, 2.75) is 20.4 Å². The molecule has 0 bridgehead atoms. The van der Waals surface area contributed by atoms with Gasteiger partial charge in [-0.25, -0.2) is 4.39 Å². The Labute approximate surface area is 126 Å². The van der Waals surface area contributed by atoms with E-state index in [1.807, 2.05) is 30.3 Å². The van der Waals surface area contributed by atoms with Gasteiger partial charge in [-0.05, 0) is 71.3 Å². The maximum Gasteiger partial charge on any atom is 0.129 e. The summed E-state index contributed by atoms with van der Waals surface area (Å²) in [5.41, 5.74) is 9.95. The SMILES string of the molecule is Cc1cc(CNc2ccc(N)cc2I)cc(C)c1F. The van der Waals surface area contributed by atoms with E-state index in [1.54, 1.807) is 13.8 Å². The monoisotopic (exact) mass is 370 g/mol. The highest BCUT2D eigenvalue weighted by Crippen LogP contribution is 2.22. The topological polar surface area (TPSA) is 38.0 Å². The Balaban J connectivity index is 2.14. The fraction of sp³-hybridized carbons (Fsp3) is 0.200. The number of nitrogen functional groups attached to an aromatic ring is 1. The van der Waals surface area contributed by atoms with Crippen LogP contribution in [0.3, 0.4) is 0 Å². The highest BCUT2D eigenvalue weighted by atomic mass is 127. The van der Waals surface area contributed by atoms with E-state index in [9.17, 15) is 4.39 Å². The largest absolute Gasteiger partial charge is 0.399 e. The van der Waals surface area contributed by atoms with Gasteiger partial charge in [0.05, 0.1) is 0 Å². The number of hydrogen-bond acceptors (Lipinski definition) is 2. The normalized spacial score (nSPS) is 10.5. The second kappa shape index (κ2) is 5.77. The van der Waals surface area contributed by atoms with Crippen molar-refractivity contribution < 1.29 is 4.39 Å². The maximum absolute atomic E-state index is 13.5. The quantitative estimate of drug-likeness (QED) is 0.627. The first-order valence-electron chi connectivity index (χ1n) is 6.02. The average Bonchev–Trinajstić information content (AvgIpc) is 2.34. The molecule has 2 aromatic carbocycles. The third-order valence-electron chi connectivity index (χ3n) is 2.97. The average molecular weight is 370 g/mol. The molecule has 0 radical (unpaired) electrons. The second-order valence-corrected chi connectivity index (χ2v) is 5.80. The summed E-state index contributed by atoms with van der Waals surface area (Å²) in [6.07, 6.45) is 0. The molecule has 0 heterocycles. The first-order chi connectivity index (χ1) is 8.97. The van der Waals surface area contributed by atoms with Gasteiger partial charge >= 0.3 is 0 Å². The number of nitrogens with two attached hydrogens (primary N) is 1. The van der Waals surface area contributed by atoms with Crippen molar-refractivity contribution in [3.63, 3.8) is 0 Å². The van der Waals surface area contributed by atoms with Crippen LogP contribution in [-0.4, -0.2) is 0 Å². The molecule has 0 aliphatic heterocycles. The number of anilines is 2. The lowest BCUT2D eigenvalue weighted by molar-refractivity contribution is 0.608. The van der Waals surface area contributed by atoms with Crippen molar-refractivity contribution >= 4 is 34.0 Å². The lowest BCUT2D eigenvalue weighted by Crippen LogP contribution is -2.03. The van der Waals surface area contributed by atoms with Crippen LogP contribution in [0.4, 0.5) is 15.8 Å². The minimum Gasteiger partial charge on any atom is -0.399 e. The van der Waals surface area contributed by atoms with Gasteiger partial charge in [-0.2, -0.15) is 0 Å². The van der Waals surface area contributed by atoms with Crippen molar-refractivity contribution in [3.05, 3.63) is 56.4 Å². The summed E-state index contributed by atoms with van der Waals surface area (Å²) in [6, 6.07) is 9.50. The molecule has 100 valence electrons. The molecule has 0 atom stereocenters. The summed E-state index contributed by atoms with van der Waals surface area (Å²) >= 11 is 2.24. The molecule has 2 rings (SSSR count). The Hall–Kier alpha value is -1.30. The summed E-state index contributed by atoms with van der Waals surface area (Å²) in [5.74, 6) is -0.120. The Morgan fingerprint density at radius 2 is 1.79 bits per heavy atom. The van der Waals surface area contributed by atoms with Crippen LogP contribution in [0.15, 0.2) is 30.3 Å². The summed E-state index contributed by atoms with van der Waals surface area (Å²) < 4.78 is 14.6. The summed E-state index contributed by atoms with van der Waals surface area (Å²) in [6.45, 7) is 4.25. The summed E-state index contributed by atoms with van der Waals surface area (Å²) in [5, 5.41) is 3.34. The molecule has 0 fully saturated rings. The van der Waals surface area contributed by atoms with Crippen LogP contribution in [0.2, 0.25) is 0 Å². The third kappa shape index (κ3) is 3.37. The molecular weight excluding hydrogens is 354 g/mol. The first kappa shape index (κ1) is 14.1. The molecule has 0 unspecified atom stereocenters. The Bertz CT molecular complexity index is 588. The van der Waals surface area contributed by atoms with Crippen LogP contribution in [0, 0.1) is 23.2 Å². The van der Waals surface area contributed by atoms with Crippen molar-refractivity contribution in [3.8, 4) is 0 Å². The lowest BCUT2D eigenvalue weighted by atomic mass is 10.1. The van der Waals surface area contributed by atoms with Crippen LogP contribution in [0.25, 0.3) is 0 Å². The van der Waals surface area contributed by atoms with E-state index >= 15 is 0 Å². The summed E-state index contributed by atoms with van der Waals surface area (Å²) in [4.78, 5) is 0. The zero-order valence-corrected chi connectivity index (χ0v) is 13.1. The first-order valence-corrected chi connectivity index (χ1v) is 7.10. The van der Waals surface area contributed by atoms with Crippen molar-refractivity contribution in [1.29, 1.82) is 0 Å². The van der Waals surface area contributed by atoms with Crippen LogP contribution in [0.5, 0.6) is 0 Å². The Morgan fingerprint density at radius 3 is 2.37 bits per heavy atom. The van der Waals surface area contributed by atoms with Gasteiger partial charge in [0.1, 0.15) is 5.82 Å². The van der Waals surface area contributed by atoms with Gasteiger partial charge in [0.25, 0.3) is 0 Å². The van der Waals surface area contributed by atoms with Crippen LogP contribution in [0.1, 0.15) is 16.7 Å². The number of rotatable bonds is 3. The molecule has 0 amide bonds. The molecule has 2 nitrogen and oxygen atoms in total. The standard InChI is InChI=1S/C15H16FIN2/c1-9-5-11(6-10(2)15(9)16)8-19-14-4-3-12(18)7-13(14)17/h3-7,19H,8,18H2,1-2H3. The fourth-order valence-electron chi connectivity index (χ4n) is 2.01. The van der Waals surface area contributed by atoms with Crippen molar-refractivity contribution in [1.82, 2.24) is 0 Å². The van der Waals surface area contributed by atoms with E-state index in [-0.39, 0.29) is 5.82 Å². The molecular formula is C15H16FIN2. The van der Waals surface area contributed by atoms with E-state index in [2.05, 4.69) is 27.9 Å². The van der Waals surface area contributed by atoms with E-state index in [1.165, 1.54) is 0 Å². The molecule has 3 N–H and O–H groups in total. The number of benzene rings is 2. The number of hydrogen-bond donors (Lipinski definition) is 2. The highest BCUT2D eigenvalue weighted by Gasteiger charge is 2.05. The molecule has 4 heteroatoms. The van der Waals surface area contributed by atoms with Gasteiger partial charge in [-0.1, -0.05) is 12.1 Å². The van der Waals surface area contributed by atoms with E-state index < -0.39 is 0 Å². The third-order valence-corrected chi connectivity index (χ3v) is 3.86. The van der Waals surface area contributed by atoms with Crippen molar-refractivity contribution in [2.75, 3.05) is 11.1 Å². The Kier molecular flexibility index (Phi) is 4.29. The van der Waals surface area contributed by atoms with Gasteiger partial charge in [-0.15, -0.1) is 0 Å². The molecule has 0 saturated carbocycles. The van der Waals surface area contributed by atoms with Gasteiger partial charge in [-0.3, -0.25) is 0 Å². The predicted octanol–water partition coefficient (Wildman–Crippen LogP) is 4.24. The van der Waals surface area contributed by atoms with E-state index in [4.69, 9.17) is 5.73 Å². The zero-order chi connectivity index (χ0) is 14.0. The minimum absolute atomic E-state index is 0.120. The maximum atomic E-state index is 13.5. The molecule has 2 aromatic rings. The number of nitrogens with one attached hydrogen (secondary N) is 1. The predicted molar refractivity (Wildman–Crippen MR) is 86.8 cm³/mol. The molecule has 0 spiro atoms. The highest BCUT2D eigenvalue weighted by molar-refractivity contribution is 14.1. The minimum atomic E-state index is -0.120. The molecule has 0 aromatic heterocycles. The van der Waals surface area contributed by atoms with Crippen molar-refractivity contribution in [2.24, 2.45) is 0 Å². The van der Waals surface area contributed by atoms with Crippen LogP contribution >= 0.6 is 22.6 Å².